The number of carbonyl (C=O) groups excluding carboxylic acids is 5. The second kappa shape index (κ2) is 35.9. The van der Waals surface area contributed by atoms with E-state index < -0.39 is 11.9 Å². The summed E-state index contributed by atoms with van der Waals surface area (Å²) in [5.41, 5.74) is 1.92. The van der Waals surface area contributed by atoms with Gasteiger partial charge in [-0.2, -0.15) is 0 Å². The molecule has 12 nitrogen and oxygen atoms in total. The summed E-state index contributed by atoms with van der Waals surface area (Å²) >= 11 is 0. The first-order chi connectivity index (χ1) is 31.1. The van der Waals surface area contributed by atoms with Crippen LogP contribution in [0.15, 0.2) is 85.5 Å². The van der Waals surface area contributed by atoms with E-state index >= 15 is 0 Å². The predicted molar refractivity (Wildman–Crippen MR) is 248 cm³/mol. The lowest BCUT2D eigenvalue weighted by molar-refractivity contribution is -0.145. The molecule has 352 valence electrons. The van der Waals surface area contributed by atoms with Crippen LogP contribution >= 0.6 is 0 Å². The quantitative estimate of drug-likeness (QED) is 0.0188. The lowest BCUT2D eigenvalue weighted by Crippen LogP contribution is -2.09. The fraction of sp³-hybridized carbons (Fsp3) is 0.519. The van der Waals surface area contributed by atoms with E-state index in [1.807, 2.05) is 19.1 Å². The normalized spacial score (nSPS) is 10.5. The van der Waals surface area contributed by atoms with E-state index in [2.05, 4.69) is 13.5 Å². The molecule has 0 N–H and O–H groups in total. The first kappa shape index (κ1) is 54.6. The summed E-state index contributed by atoms with van der Waals surface area (Å²) in [5, 5.41) is 0. The maximum absolute atomic E-state index is 12.5. The second-order valence-electron chi connectivity index (χ2n) is 15.5. The smallest absolute Gasteiger partial charge is 0.343 e. The Hall–Kier alpha value is -5.49. The van der Waals surface area contributed by atoms with Gasteiger partial charge in [0.05, 0.1) is 37.6 Å². The third kappa shape index (κ3) is 27.5. The summed E-state index contributed by atoms with van der Waals surface area (Å²) in [7, 11) is 1.73. The van der Waals surface area contributed by atoms with Gasteiger partial charge in [-0.1, -0.05) is 89.0 Å². The van der Waals surface area contributed by atoms with Gasteiger partial charge in [-0.3, -0.25) is 9.59 Å². The van der Waals surface area contributed by atoms with Crippen LogP contribution in [-0.4, -0.2) is 70.0 Å². The number of esters is 5. The van der Waals surface area contributed by atoms with Gasteiger partial charge in [0.2, 0.25) is 0 Å². The van der Waals surface area contributed by atoms with Crippen molar-refractivity contribution in [2.24, 2.45) is 0 Å². The molecule has 0 saturated carbocycles. The summed E-state index contributed by atoms with van der Waals surface area (Å²) < 4.78 is 36.9. The fourth-order valence-electron chi connectivity index (χ4n) is 6.06. The summed E-state index contributed by atoms with van der Waals surface area (Å²) in [6.45, 7) is 10.2. The molecular weight excluding hydrogens is 817 g/mol. The van der Waals surface area contributed by atoms with Crippen LogP contribution in [0.3, 0.4) is 0 Å². The van der Waals surface area contributed by atoms with Gasteiger partial charge in [0, 0.05) is 32.6 Å². The largest absolute Gasteiger partial charge is 0.494 e. The molecule has 12 heteroatoms. The van der Waals surface area contributed by atoms with Gasteiger partial charge in [-0.05, 0) is 119 Å². The standard InChI is InChI=1S/C32H34O7.C20H38O5/c1-3-30(33)37-23-9-7-5-4-6-8-22-36-27-16-14-26(15-17-27)32(35)39-29-20-18-28(19-21-29)38-31(34)25-12-10-24(2)11-13-25;1-3-4-14-19(21)24-18-13-9-10-15-20(22)25-17-12-8-6-5-7-11-16-23-2/h3,10-21H,1,4-9,22-23H2,2H3;3-18H2,1-2H3. The van der Waals surface area contributed by atoms with E-state index in [0.717, 1.165) is 102 Å². The highest BCUT2D eigenvalue weighted by Gasteiger charge is 2.12. The molecule has 0 fully saturated rings. The minimum Gasteiger partial charge on any atom is -0.494 e. The van der Waals surface area contributed by atoms with E-state index in [1.165, 1.54) is 25.3 Å². The molecule has 0 aliphatic carbocycles. The van der Waals surface area contributed by atoms with E-state index in [-0.39, 0.29) is 17.9 Å². The number of hydrogen-bond acceptors (Lipinski definition) is 12. The molecule has 0 saturated heterocycles. The molecule has 0 amide bonds. The number of hydrogen-bond donors (Lipinski definition) is 0. The number of rotatable bonds is 33. The second-order valence-corrected chi connectivity index (χ2v) is 15.5. The Kier molecular flexibility index (Phi) is 30.7. The SMILES string of the molecule is C=CC(=O)OCCCCCCCCOc1ccc(C(=O)Oc2ccc(OC(=O)c3ccc(C)cc3)cc2)cc1.CCCCC(=O)OCCCCCC(=O)OCCCCCCCCOC. The predicted octanol–water partition coefficient (Wildman–Crippen LogP) is 11.7. The van der Waals surface area contributed by atoms with Crippen molar-refractivity contribution in [2.75, 3.05) is 40.1 Å². The van der Waals surface area contributed by atoms with E-state index in [9.17, 15) is 24.0 Å². The number of unbranched alkanes of at least 4 members (excludes halogenated alkanes) is 13. The number of aryl methyl sites for hydroxylation is 1. The molecule has 3 aromatic carbocycles. The average molecular weight is 889 g/mol. The lowest BCUT2D eigenvalue weighted by Gasteiger charge is -2.09. The van der Waals surface area contributed by atoms with Crippen LogP contribution in [0.25, 0.3) is 0 Å². The third-order valence-corrected chi connectivity index (χ3v) is 9.87. The molecule has 0 aliphatic heterocycles. The highest BCUT2D eigenvalue weighted by Crippen LogP contribution is 2.21. The summed E-state index contributed by atoms with van der Waals surface area (Å²) in [5.74, 6) is -0.160. The minimum atomic E-state index is -0.495. The van der Waals surface area contributed by atoms with Gasteiger partial charge >= 0.3 is 29.8 Å². The zero-order valence-electron chi connectivity index (χ0n) is 38.6. The Morgan fingerprint density at radius 1 is 0.469 bits per heavy atom. The summed E-state index contributed by atoms with van der Waals surface area (Å²) in [6, 6.07) is 20.2. The lowest BCUT2D eigenvalue weighted by atomic mass is 10.1. The molecule has 0 unspecified atom stereocenters. The Morgan fingerprint density at radius 2 is 0.859 bits per heavy atom. The molecule has 0 aromatic heterocycles. The van der Waals surface area contributed by atoms with Crippen LogP contribution in [0.5, 0.6) is 17.2 Å². The van der Waals surface area contributed by atoms with E-state index in [1.54, 1.807) is 67.8 Å². The van der Waals surface area contributed by atoms with Gasteiger partial charge < -0.3 is 33.2 Å². The average Bonchev–Trinajstić information content (AvgIpc) is 3.30. The van der Waals surface area contributed by atoms with Crippen LogP contribution in [0.4, 0.5) is 0 Å². The Morgan fingerprint density at radius 3 is 1.33 bits per heavy atom. The molecule has 0 atom stereocenters. The van der Waals surface area contributed by atoms with Crippen LogP contribution in [-0.2, 0) is 33.3 Å². The van der Waals surface area contributed by atoms with Crippen LogP contribution in [0, 0.1) is 6.92 Å². The monoisotopic (exact) mass is 889 g/mol. The maximum atomic E-state index is 12.5. The first-order valence-electron chi connectivity index (χ1n) is 23.1. The van der Waals surface area contributed by atoms with Gasteiger partial charge in [-0.25, -0.2) is 14.4 Å². The molecule has 0 aliphatic rings. The van der Waals surface area contributed by atoms with Crippen molar-refractivity contribution in [1.29, 1.82) is 0 Å². The van der Waals surface area contributed by atoms with Crippen molar-refractivity contribution in [2.45, 2.75) is 136 Å². The number of ether oxygens (including phenoxy) is 7. The highest BCUT2D eigenvalue weighted by atomic mass is 16.6. The maximum Gasteiger partial charge on any atom is 0.343 e. The Balaban J connectivity index is 0.000000489. The van der Waals surface area contributed by atoms with E-state index in [0.29, 0.717) is 67.6 Å². The third-order valence-electron chi connectivity index (χ3n) is 9.87. The van der Waals surface area contributed by atoms with Crippen molar-refractivity contribution < 1.29 is 57.1 Å². The molecule has 0 heterocycles. The van der Waals surface area contributed by atoms with Crippen molar-refractivity contribution in [3.8, 4) is 17.2 Å². The number of methoxy groups -OCH3 is 1. The molecule has 3 aromatic rings. The van der Waals surface area contributed by atoms with Gasteiger partial charge in [0.25, 0.3) is 0 Å². The van der Waals surface area contributed by atoms with E-state index in [4.69, 9.17) is 33.2 Å². The molecule has 3 rings (SSSR count). The Labute approximate surface area is 381 Å². The van der Waals surface area contributed by atoms with Crippen molar-refractivity contribution in [3.05, 3.63) is 102 Å². The molecule has 0 spiro atoms. The van der Waals surface area contributed by atoms with Crippen molar-refractivity contribution in [1.82, 2.24) is 0 Å². The topological polar surface area (TPSA) is 150 Å². The van der Waals surface area contributed by atoms with Crippen LogP contribution in [0.2, 0.25) is 0 Å². The Bertz CT molecular complexity index is 1740. The molecule has 0 radical (unpaired) electrons. The van der Waals surface area contributed by atoms with Gasteiger partial charge in [0.15, 0.2) is 0 Å². The van der Waals surface area contributed by atoms with Crippen molar-refractivity contribution >= 4 is 29.8 Å². The first-order valence-corrected chi connectivity index (χ1v) is 23.1. The molecule has 64 heavy (non-hydrogen) atoms. The number of carbonyl (C=O) groups is 5. The van der Waals surface area contributed by atoms with Crippen LogP contribution < -0.4 is 14.2 Å². The zero-order chi connectivity index (χ0) is 46.5. The van der Waals surface area contributed by atoms with Gasteiger partial charge in [0.1, 0.15) is 17.2 Å². The fourth-order valence-corrected chi connectivity index (χ4v) is 6.06. The highest BCUT2D eigenvalue weighted by molar-refractivity contribution is 5.92. The number of benzene rings is 3. The van der Waals surface area contributed by atoms with Crippen LogP contribution in [0.1, 0.15) is 155 Å². The molecule has 0 bridgehead atoms. The molecular formula is C52H72O12. The summed E-state index contributed by atoms with van der Waals surface area (Å²) in [6.07, 6.45) is 19.4. The zero-order valence-corrected chi connectivity index (χ0v) is 38.6. The van der Waals surface area contributed by atoms with Crippen molar-refractivity contribution in [3.63, 3.8) is 0 Å². The minimum absolute atomic E-state index is 0.111. The van der Waals surface area contributed by atoms with Gasteiger partial charge in [-0.15, -0.1) is 0 Å². The summed E-state index contributed by atoms with van der Waals surface area (Å²) in [4.78, 5) is 58.6.